The summed E-state index contributed by atoms with van der Waals surface area (Å²) in [5.41, 5.74) is 2.68. The molecule has 1 atom stereocenters. The van der Waals surface area contributed by atoms with E-state index in [9.17, 15) is 4.79 Å². The summed E-state index contributed by atoms with van der Waals surface area (Å²) in [6, 6.07) is 9.86. The number of hydrogen-bond acceptors (Lipinski definition) is 5. The standard InChI is InChI=1S/C24H30N4O3/c1-16(2)21-13-22(27(3)26-21)24(29)28-10-6-8-18(15-28)23-25-14-20(31-23)12-17-7-5-9-19(11-17)30-4/h5,7,9,11,13-14,16,18H,6,8,10,12,15H2,1-4H3/t18-/m0/s1. The Labute approximate surface area is 183 Å². The number of aromatic nitrogens is 3. The highest BCUT2D eigenvalue weighted by molar-refractivity contribution is 5.92. The molecule has 7 nitrogen and oxygen atoms in total. The smallest absolute Gasteiger partial charge is 0.272 e. The molecular weight excluding hydrogens is 392 g/mol. The van der Waals surface area contributed by atoms with E-state index in [1.807, 2.05) is 42.3 Å². The molecule has 0 aliphatic carbocycles. The Morgan fingerprint density at radius 1 is 1.32 bits per heavy atom. The van der Waals surface area contributed by atoms with Gasteiger partial charge in [0, 0.05) is 26.6 Å². The highest BCUT2D eigenvalue weighted by atomic mass is 16.5. The summed E-state index contributed by atoms with van der Waals surface area (Å²) in [7, 11) is 3.50. The van der Waals surface area contributed by atoms with Gasteiger partial charge in [0.05, 0.1) is 24.9 Å². The van der Waals surface area contributed by atoms with Crippen LogP contribution >= 0.6 is 0 Å². The Balaban J connectivity index is 1.44. The number of oxazole rings is 1. The highest BCUT2D eigenvalue weighted by Gasteiger charge is 2.30. The number of hydrogen-bond donors (Lipinski definition) is 0. The molecule has 4 rings (SSSR count). The molecule has 0 unspecified atom stereocenters. The van der Waals surface area contributed by atoms with Gasteiger partial charge in [0.2, 0.25) is 0 Å². The lowest BCUT2D eigenvalue weighted by atomic mass is 9.97. The van der Waals surface area contributed by atoms with Crippen LogP contribution in [0.3, 0.4) is 0 Å². The molecule has 1 aliphatic rings. The van der Waals surface area contributed by atoms with E-state index in [4.69, 9.17) is 9.15 Å². The predicted octanol–water partition coefficient (Wildman–Crippen LogP) is 4.15. The van der Waals surface area contributed by atoms with Crippen LogP contribution < -0.4 is 4.74 Å². The first-order valence-corrected chi connectivity index (χ1v) is 10.9. The highest BCUT2D eigenvalue weighted by Crippen LogP contribution is 2.28. The van der Waals surface area contributed by atoms with E-state index in [0.717, 1.165) is 42.2 Å². The number of aryl methyl sites for hydroxylation is 1. The first-order valence-electron chi connectivity index (χ1n) is 10.9. The van der Waals surface area contributed by atoms with E-state index >= 15 is 0 Å². The molecule has 3 aromatic rings. The normalized spacial score (nSPS) is 16.7. The van der Waals surface area contributed by atoms with Crippen molar-refractivity contribution in [2.75, 3.05) is 20.2 Å². The van der Waals surface area contributed by atoms with Crippen LogP contribution in [0.25, 0.3) is 0 Å². The summed E-state index contributed by atoms with van der Waals surface area (Å²) in [5, 5.41) is 4.49. The van der Waals surface area contributed by atoms with Crippen LogP contribution in [0.5, 0.6) is 5.75 Å². The summed E-state index contributed by atoms with van der Waals surface area (Å²) in [6.07, 6.45) is 4.35. The van der Waals surface area contributed by atoms with Gasteiger partial charge in [-0.25, -0.2) is 4.98 Å². The van der Waals surface area contributed by atoms with Crippen LogP contribution in [0, 0.1) is 0 Å². The lowest BCUT2D eigenvalue weighted by Gasteiger charge is -2.31. The van der Waals surface area contributed by atoms with Crippen molar-refractivity contribution in [3.05, 3.63) is 65.1 Å². The van der Waals surface area contributed by atoms with Crippen molar-refractivity contribution in [1.82, 2.24) is 19.7 Å². The second-order valence-corrected chi connectivity index (χ2v) is 8.52. The molecule has 0 spiro atoms. The number of piperidine rings is 1. The predicted molar refractivity (Wildman–Crippen MR) is 117 cm³/mol. The van der Waals surface area contributed by atoms with Crippen LogP contribution in [-0.2, 0) is 13.5 Å². The zero-order valence-corrected chi connectivity index (χ0v) is 18.7. The van der Waals surface area contributed by atoms with Crippen LogP contribution in [0.15, 0.2) is 40.9 Å². The number of carbonyl (C=O) groups excluding carboxylic acids is 1. The Morgan fingerprint density at radius 2 is 2.16 bits per heavy atom. The molecular formula is C24H30N4O3. The fraction of sp³-hybridized carbons (Fsp3) is 0.458. The average Bonchev–Trinajstić information content (AvgIpc) is 3.40. The lowest BCUT2D eigenvalue weighted by molar-refractivity contribution is 0.0686. The third-order valence-corrected chi connectivity index (χ3v) is 5.85. The number of nitrogens with zero attached hydrogens (tertiary/aromatic N) is 4. The maximum Gasteiger partial charge on any atom is 0.272 e. The van der Waals surface area contributed by atoms with Gasteiger partial charge >= 0.3 is 0 Å². The Bertz CT molecular complexity index is 1050. The summed E-state index contributed by atoms with van der Waals surface area (Å²) in [4.78, 5) is 19.6. The van der Waals surface area contributed by atoms with Gasteiger partial charge in [-0.3, -0.25) is 9.48 Å². The molecule has 0 N–H and O–H groups in total. The van der Waals surface area contributed by atoms with Crippen molar-refractivity contribution in [1.29, 1.82) is 0 Å². The summed E-state index contributed by atoms with van der Waals surface area (Å²) in [5.74, 6) is 2.78. The van der Waals surface area contributed by atoms with E-state index in [1.54, 1.807) is 18.0 Å². The van der Waals surface area contributed by atoms with Crippen molar-refractivity contribution in [3.8, 4) is 5.75 Å². The van der Waals surface area contributed by atoms with E-state index in [1.165, 1.54) is 0 Å². The number of methoxy groups -OCH3 is 1. The molecule has 1 saturated heterocycles. The van der Waals surface area contributed by atoms with E-state index < -0.39 is 0 Å². The third-order valence-electron chi connectivity index (χ3n) is 5.85. The molecule has 7 heteroatoms. The summed E-state index contributed by atoms with van der Waals surface area (Å²) >= 11 is 0. The van der Waals surface area contributed by atoms with Gasteiger partial charge < -0.3 is 14.1 Å². The number of likely N-dealkylation sites (tertiary alicyclic amines) is 1. The second kappa shape index (κ2) is 8.96. The first kappa shape index (κ1) is 21.2. The van der Waals surface area contributed by atoms with Crippen LogP contribution in [0.2, 0.25) is 0 Å². The van der Waals surface area contributed by atoms with Crippen LogP contribution in [0.1, 0.15) is 71.9 Å². The minimum atomic E-state index is 0.0229. The van der Waals surface area contributed by atoms with Gasteiger partial charge in [0.15, 0.2) is 5.89 Å². The molecule has 3 heterocycles. The van der Waals surface area contributed by atoms with E-state index in [2.05, 4.69) is 23.9 Å². The molecule has 1 aliphatic heterocycles. The molecule has 1 amide bonds. The average molecular weight is 423 g/mol. The number of ether oxygens (including phenoxy) is 1. The molecule has 31 heavy (non-hydrogen) atoms. The summed E-state index contributed by atoms with van der Waals surface area (Å²) in [6.45, 7) is 5.52. The van der Waals surface area contributed by atoms with Crippen molar-refractivity contribution >= 4 is 5.91 Å². The second-order valence-electron chi connectivity index (χ2n) is 8.52. The van der Waals surface area contributed by atoms with Gasteiger partial charge in [0.1, 0.15) is 17.2 Å². The van der Waals surface area contributed by atoms with E-state index in [-0.39, 0.29) is 17.7 Å². The van der Waals surface area contributed by atoms with Crippen molar-refractivity contribution in [2.24, 2.45) is 7.05 Å². The molecule has 164 valence electrons. The van der Waals surface area contributed by atoms with Gasteiger partial charge in [-0.15, -0.1) is 0 Å². The zero-order chi connectivity index (χ0) is 22.0. The van der Waals surface area contributed by atoms with E-state index in [0.29, 0.717) is 24.6 Å². The lowest BCUT2D eigenvalue weighted by Crippen LogP contribution is -2.40. The SMILES string of the molecule is COc1cccc(Cc2cnc([C@H]3CCCN(C(=O)c4cc(C(C)C)nn4C)C3)o2)c1. The first-order chi connectivity index (χ1) is 14.9. The van der Waals surface area contributed by atoms with Gasteiger partial charge in [-0.05, 0) is 42.5 Å². The molecule has 0 radical (unpaired) electrons. The molecule has 1 aromatic carbocycles. The Morgan fingerprint density at radius 3 is 2.90 bits per heavy atom. The fourth-order valence-electron chi connectivity index (χ4n) is 4.07. The van der Waals surface area contributed by atoms with Crippen molar-refractivity contribution in [2.45, 2.75) is 44.9 Å². The topological polar surface area (TPSA) is 73.4 Å². The monoisotopic (exact) mass is 422 g/mol. The number of benzene rings is 1. The fourth-order valence-corrected chi connectivity index (χ4v) is 4.07. The number of amides is 1. The van der Waals surface area contributed by atoms with Gasteiger partial charge in [0.25, 0.3) is 5.91 Å². The molecule has 2 aromatic heterocycles. The Kier molecular flexibility index (Phi) is 6.11. The number of rotatable bonds is 6. The Hall–Kier alpha value is -3.09. The zero-order valence-electron chi connectivity index (χ0n) is 18.7. The molecule has 1 fully saturated rings. The maximum atomic E-state index is 13.1. The maximum absolute atomic E-state index is 13.1. The van der Waals surface area contributed by atoms with Crippen molar-refractivity contribution < 1.29 is 13.9 Å². The van der Waals surface area contributed by atoms with Crippen molar-refractivity contribution in [3.63, 3.8) is 0 Å². The molecule has 0 saturated carbocycles. The summed E-state index contributed by atoms with van der Waals surface area (Å²) < 4.78 is 13.1. The van der Waals surface area contributed by atoms with Gasteiger partial charge in [-0.2, -0.15) is 5.10 Å². The van der Waals surface area contributed by atoms with Gasteiger partial charge in [-0.1, -0.05) is 26.0 Å². The molecule has 0 bridgehead atoms. The quantitative estimate of drug-likeness (QED) is 0.597. The minimum Gasteiger partial charge on any atom is -0.497 e. The van der Waals surface area contributed by atoms with Crippen LogP contribution in [-0.4, -0.2) is 45.8 Å². The minimum absolute atomic E-state index is 0.0229. The third kappa shape index (κ3) is 4.65. The number of carbonyl (C=O) groups is 1. The van der Waals surface area contributed by atoms with Crippen LogP contribution in [0.4, 0.5) is 0 Å². The largest absolute Gasteiger partial charge is 0.497 e.